The number of benzene rings is 2. The van der Waals surface area contributed by atoms with Crippen molar-refractivity contribution in [2.75, 3.05) is 11.2 Å². The van der Waals surface area contributed by atoms with Gasteiger partial charge in [0.05, 0.1) is 0 Å². The third kappa shape index (κ3) is 6.73. The maximum Gasteiger partial charge on any atom is 0.573 e. The van der Waals surface area contributed by atoms with Gasteiger partial charge in [-0.2, -0.15) is 10.1 Å². The van der Waals surface area contributed by atoms with Gasteiger partial charge < -0.3 is 10.1 Å². The molecule has 0 aliphatic heterocycles. The van der Waals surface area contributed by atoms with Crippen molar-refractivity contribution in [2.24, 2.45) is 0 Å². The summed E-state index contributed by atoms with van der Waals surface area (Å²) in [5, 5.41) is 13.6. The van der Waals surface area contributed by atoms with E-state index >= 15 is 0 Å². The Morgan fingerprint density at radius 1 is 1.11 bits per heavy atom. The largest absolute Gasteiger partial charge is 0.573 e. The van der Waals surface area contributed by atoms with E-state index in [1.165, 1.54) is 30.6 Å². The molecule has 37 heavy (non-hydrogen) atoms. The number of unbranched alkanes of at least 4 members (excludes halogenated alkanes) is 1. The van der Waals surface area contributed by atoms with Gasteiger partial charge >= 0.3 is 6.36 Å². The first kappa shape index (κ1) is 26.3. The number of nitrogens with one attached hydrogen (secondary N) is 2. The van der Waals surface area contributed by atoms with Crippen molar-refractivity contribution in [3.63, 3.8) is 0 Å². The third-order valence-electron chi connectivity index (χ3n) is 5.33. The van der Waals surface area contributed by atoms with E-state index in [1.54, 1.807) is 6.92 Å². The molecule has 2 N–H and O–H groups in total. The number of rotatable bonds is 10. The van der Waals surface area contributed by atoms with Gasteiger partial charge in [-0.25, -0.2) is 18.4 Å². The molecule has 0 bridgehead atoms. The van der Waals surface area contributed by atoms with Crippen molar-refractivity contribution in [2.45, 2.75) is 38.5 Å². The predicted octanol–water partition coefficient (Wildman–Crippen LogP) is 6.16. The highest BCUT2D eigenvalue weighted by Crippen LogP contribution is 2.31. The lowest BCUT2D eigenvalue weighted by Crippen LogP contribution is -2.17. The standard InChI is InChI=1S/C23H21ClF5N7O/c1-13-30-12-36(35-13)20-18(25)10-15(11-19(20)26)31-22-32-21(33-34-22)17(4-2-3-9-24)14-5-7-16(8-6-14)37-23(27,28)29/h5-8,10-12,17H,2-4,9H2,1H3,(H2,31,32,33,34). The summed E-state index contributed by atoms with van der Waals surface area (Å²) >= 11 is 5.79. The maximum absolute atomic E-state index is 14.7. The van der Waals surface area contributed by atoms with Crippen LogP contribution in [0.5, 0.6) is 5.75 Å². The SMILES string of the molecule is Cc1ncn(-c2c(F)cc(Nc3n[nH]c(C(CCCCCl)c4ccc(OC(F)(F)F)cc4)n3)cc2F)n1. The number of halogens is 6. The Kier molecular flexibility index (Phi) is 7.91. The summed E-state index contributed by atoms with van der Waals surface area (Å²) in [6, 6.07) is 7.60. The molecule has 0 spiro atoms. The van der Waals surface area contributed by atoms with Crippen molar-refractivity contribution in [3.05, 3.63) is 71.6 Å². The van der Waals surface area contributed by atoms with Gasteiger partial charge in [-0.05, 0) is 49.6 Å². The van der Waals surface area contributed by atoms with Gasteiger partial charge in [0, 0.05) is 17.5 Å². The summed E-state index contributed by atoms with van der Waals surface area (Å²) in [6.45, 7) is 1.59. The van der Waals surface area contributed by atoms with Crippen LogP contribution in [0.25, 0.3) is 5.69 Å². The molecule has 2 aromatic heterocycles. The molecule has 4 aromatic rings. The number of aryl methyl sites for hydroxylation is 1. The maximum atomic E-state index is 14.7. The third-order valence-corrected chi connectivity index (χ3v) is 5.60. The van der Waals surface area contributed by atoms with Crippen molar-refractivity contribution >= 4 is 23.2 Å². The first-order valence-electron chi connectivity index (χ1n) is 11.1. The Hall–Kier alpha value is -3.74. The van der Waals surface area contributed by atoms with E-state index < -0.39 is 18.0 Å². The van der Waals surface area contributed by atoms with E-state index in [0.717, 1.165) is 29.7 Å². The van der Waals surface area contributed by atoms with Crippen LogP contribution in [0.1, 0.15) is 42.4 Å². The van der Waals surface area contributed by atoms with Crippen LogP contribution in [-0.4, -0.2) is 42.2 Å². The number of nitrogens with zero attached hydrogens (tertiary/aromatic N) is 5. The van der Waals surface area contributed by atoms with Gasteiger partial charge in [0.2, 0.25) is 5.95 Å². The second-order valence-corrected chi connectivity index (χ2v) is 8.43. The average Bonchev–Trinajstić information content (AvgIpc) is 3.45. The van der Waals surface area contributed by atoms with Gasteiger partial charge in [-0.1, -0.05) is 18.6 Å². The molecule has 1 unspecified atom stereocenters. The molecule has 1 atom stereocenters. The van der Waals surface area contributed by atoms with Gasteiger partial charge in [0.1, 0.15) is 29.4 Å². The number of alkyl halides is 4. The zero-order valence-corrected chi connectivity index (χ0v) is 20.1. The van der Waals surface area contributed by atoms with E-state index in [4.69, 9.17) is 11.6 Å². The summed E-state index contributed by atoms with van der Waals surface area (Å²) in [6.07, 6.45) is -1.56. The number of aromatic amines is 1. The lowest BCUT2D eigenvalue weighted by Gasteiger charge is -2.16. The molecule has 0 saturated carbocycles. The fourth-order valence-corrected chi connectivity index (χ4v) is 3.92. The normalized spacial score (nSPS) is 12.5. The lowest BCUT2D eigenvalue weighted by atomic mass is 9.93. The minimum atomic E-state index is -4.79. The Morgan fingerprint density at radius 3 is 2.41 bits per heavy atom. The smallest absolute Gasteiger partial charge is 0.406 e. The Balaban J connectivity index is 1.54. The van der Waals surface area contributed by atoms with Crippen molar-refractivity contribution < 1.29 is 26.7 Å². The van der Waals surface area contributed by atoms with Crippen molar-refractivity contribution in [1.29, 1.82) is 0 Å². The van der Waals surface area contributed by atoms with Crippen LogP contribution in [0.4, 0.5) is 33.6 Å². The minimum absolute atomic E-state index is 0.0533. The highest BCUT2D eigenvalue weighted by atomic mass is 35.5. The van der Waals surface area contributed by atoms with Crippen LogP contribution < -0.4 is 10.1 Å². The highest BCUT2D eigenvalue weighted by Gasteiger charge is 2.31. The van der Waals surface area contributed by atoms with Crippen LogP contribution in [0.3, 0.4) is 0 Å². The molecule has 196 valence electrons. The lowest BCUT2D eigenvalue weighted by molar-refractivity contribution is -0.274. The van der Waals surface area contributed by atoms with Crippen molar-refractivity contribution in [1.82, 2.24) is 29.9 Å². The minimum Gasteiger partial charge on any atom is -0.406 e. The molecule has 4 rings (SSSR count). The summed E-state index contributed by atoms with van der Waals surface area (Å²) in [5.41, 5.74) is 0.365. The Labute approximate surface area is 212 Å². The number of hydrogen-bond acceptors (Lipinski definition) is 6. The number of H-pyrrole nitrogens is 1. The second kappa shape index (κ2) is 11.1. The first-order valence-corrected chi connectivity index (χ1v) is 11.6. The van der Waals surface area contributed by atoms with Crippen LogP contribution in [0.15, 0.2) is 42.7 Å². The summed E-state index contributed by atoms with van der Waals surface area (Å²) in [5.74, 6) is -1.16. The van der Waals surface area contributed by atoms with E-state index in [-0.39, 0.29) is 29.0 Å². The van der Waals surface area contributed by atoms with E-state index in [1.807, 2.05) is 0 Å². The van der Waals surface area contributed by atoms with E-state index in [2.05, 4.69) is 35.3 Å². The Morgan fingerprint density at radius 2 is 1.81 bits per heavy atom. The quantitative estimate of drug-likeness (QED) is 0.142. The van der Waals surface area contributed by atoms with Gasteiger partial charge in [-0.15, -0.1) is 29.9 Å². The van der Waals surface area contributed by atoms with E-state index in [9.17, 15) is 22.0 Å². The van der Waals surface area contributed by atoms with Crippen LogP contribution in [-0.2, 0) is 0 Å². The Bertz CT molecular complexity index is 1320. The first-order chi connectivity index (χ1) is 17.6. The second-order valence-electron chi connectivity index (χ2n) is 8.05. The van der Waals surface area contributed by atoms with Crippen LogP contribution in [0.2, 0.25) is 0 Å². The zero-order valence-electron chi connectivity index (χ0n) is 19.4. The molecule has 8 nitrogen and oxygen atoms in total. The molecule has 0 saturated heterocycles. The van der Waals surface area contributed by atoms with Gasteiger partial charge in [0.15, 0.2) is 11.6 Å². The molecule has 0 aliphatic rings. The molecular weight excluding hydrogens is 521 g/mol. The number of ether oxygens (including phenoxy) is 1. The number of anilines is 2. The number of aromatic nitrogens is 6. The summed E-state index contributed by atoms with van der Waals surface area (Å²) < 4.78 is 71.7. The van der Waals surface area contributed by atoms with Crippen molar-refractivity contribution in [3.8, 4) is 11.4 Å². The fourth-order valence-electron chi connectivity index (χ4n) is 3.73. The molecule has 2 aromatic carbocycles. The molecule has 0 amide bonds. The van der Waals surface area contributed by atoms with Crippen LogP contribution in [0, 0.1) is 18.6 Å². The molecule has 0 fully saturated rings. The highest BCUT2D eigenvalue weighted by molar-refractivity contribution is 6.17. The molecular formula is C23H21ClF5N7O. The molecule has 14 heteroatoms. The topological polar surface area (TPSA) is 93.5 Å². The van der Waals surface area contributed by atoms with Gasteiger partial charge in [-0.3, -0.25) is 5.10 Å². The number of hydrogen-bond donors (Lipinski definition) is 2. The molecule has 0 radical (unpaired) electrons. The molecule has 2 heterocycles. The summed E-state index contributed by atoms with van der Waals surface area (Å²) in [4.78, 5) is 8.26. The molecule has 0 aliphatic carbocycles. The van der Waals surface area contributed by atoms with Crippen LogP contribution >= 0.6 is 11.6 Å². The van der Waals surface area contributed by atoms with Gasteiger partial charge in [0.25, 0.3) is 0 Å². The summed E-state index contributed by atoms with van der Waals surface area (Å²) in [7, 11) is 0. The predicted molar refractivity (Wildman–Crippen MR) is 125 cm³/mol. The zero-order chi connectivity index (χ0) is 26.6. The average molecular weight is 542 g/mol. The fraction of sp³-hybridized carbons (Fsp3) is 0.304. The van der Waals surface area contributed by atoms with E-state index in [0.29, 0.717) is 29.5 Å². The monoisotopic (exact) mass is 541 g/mol.